The molecule has 250 valence electrons. The minimum atomic E-state index is -0.943. The van der Waals surface area contributed by atoms with Crippen LogP contribution in [0.5, 0.6) is 0 Å². The Bertz CT molecular complexity index is 2250. The van der Waals surface area contributed by atoms with Crippen molar-refractivity contribution in [3.05, 3.63) is 119 Å². The molecule has 0 aliphatic carbocycles. The van der Waals surface area contributed by atoms with Gasteiger partial charge in [0.05, 0.1) is 22.3 Å². The second-order valence-corrected chi connectivity index (χ2v) is 13.4. The van der Waals surface area contributed by atoms with Crippen LogP contribution in [0, 0.1) is 13.8 Å². The number of fused-ring (bicyclic) bond motifs is 1. The number of thiazole rings is 1. The average Bonchev–Trinajstić information content (AvgIpc) is 3.76. The highest BCUT2D eigenvalue weighted by Gasteiger charge is 2.46. The summed E-state index contributed by atoms with van der Waals surface area (Å²) in [6.45, 7) is 4.04. The first-order chi connectivity index (χ1) is 24.1. The lowest BCUT2D eigenvalue weighted by atomic mass is 10.1. The highest BCUT2D eigenvalue weighted by Crippen LogP contribution is 2.32. The molecule has 6 aromatic rings. The molecule has 7 rings (SSSR count). The molecule has 2 N–H and O–H groups in total. The fourth-order valence-corrected chi connectivity index (χ4v) is 7.19. The van der Waals surface area contributed by atoms with Crippen molar-refractivity contribution in [3.63, 3.8) is 0 Å². The molecule has 0 spiro atoms. The zero-order valence-electron chi connectivity index (χ0n) is 27.4. The third-order valence-corrected chi connectivity index (χ3v) is 9.92. The fourth-order valence-electron chi connectivity index (χ4n) is 5.73. The number of rotatable bonds is 9. The van der Waals surface area contributed by atoms with E-state index in [4.69, 9.17) is 21.7 Å². The van der Waals surface area contributed by atoms with Gasteiger partial charge in [-0.3, -0.25) is 29.1 Å². The molecular formula is C37H32N7O4S2+. The van der Waals surface area contributed by atoms with Gasteiger partial charge >= 0.3 is 5.88 Å². The van der Waals surface area contributed by atoms with Gasteiger partial charge in [-0.05, 0) is 97.0 Å². The van der Waals surface area contributed by atoms with Gasteiger partial charge in [0.2, 0.25) is 11.2 Å². The van der Waals surface area contributed by atoms with Gasteiger partial charge < -0.3 is 10.2 Å². The smallest absolute Gasteiger partial charge is 0.307 e. The van der Waals surface area contributed by atoms with Crippen molar-refractivity contribution in [2.24, 2.45) is 7.05 Å². The Balaban J connectivity index is 1.12. The van der Waals surface area contributed by atoms with E-state index in [0.29, 0.717) is 22.6 Å². The van der Waals surface area contributed by atoms with Crippen LogP contribution in [0.4, 0.5) is 17.3 Å². The maximum Gasteiger partial charge on any atom is 0.307 e. The number of nitrogens with one attached hydrogen (secondary N) is 2. The van der Waals surface area contributed by atoms with Crippen LogP contribution in [0.15, 0.2) is 102 Å². The number of carbonyl (C=O) groups excluding carboxylic acids is 3. The minimum Gasteiger partial charge on any atom is -0.326 e. The number of aryl methyl sites for hydroxylation is 3. The molecule has 4 aromatic carbocycles. The quantitative estimate of drug-likeness (QED) is 0.135. The third-order valence-electron chi connectivity index (χ3n) is 8.44. The highest BCUT2D eigenvalue weighted by molar-refractivity contribution is 7.80. The van der Waals surface area contributed by atoms with Crippen molar-refractivity contribution in [2.45, 2.75) is 32.9 Å². The molecule has 2 aromatic heterocycles. The number of thiocarbonyl (C=S) groups is 1. The van der Waals surface area contributed by atoms with Crippen LogP contribution in [0.1, 0.15) is 33.6 Å². The highest BCUT2D eigenvalue weighted by atomic mass is 32.1. The van der Waals surface area contributed by atoms with Crippen molar-refractivity contribution in [2.75, 3.05) is 15.5 Å². The van der Waals surface area contributed by atoms with Gasteiger partial charge in [0.25, 0.3) is 17.5 Å². The first-order valence-corrected chi connectivity index (χ1v) is 17.1. The number of anilines is 3. The molecule has 0 bridgehead atoms. The van der Waals surface area contributed by atoms with Crippen molar-refractivity contribution >= 4 is 73.9 Å². The van der Waals surface area contributed by atoms with E-state index in [-0.39, 0.29) is 41.7 Å². The number of benzene rings is 4. The Morgan fingerprint density at radius 3 is 2.40 bits per heavy atom. The molecular weight excluding hydrogens is 671 g/mol. The van der Waals surface area contributed by atoms with Crippen LogP contribution in [0.25, 0.3) is 20.8 Å². The van der Waals surface area contributed by atoms with E-state index in [1.54, 1.807) is 47.5 Å². The van der Waals surface area contributed by atoms with Crippen LogP contribution in [0.2, 0.25) is 0 Å². The van der Waals surface area contributed by atoms with Gasteiger partial charge in [0, 0.05) is 16.8 Å². The SMILES string of the molecule is Cc1ccc(N2C(=O)C(CC(=O)Nc3ccc(-c4nc5ccc(C)cc5s4)cc3)N(Cc3c(NC(=O)c4ccccc4)on[n+]3C)C2=S)cc1. The molecule has 11 nitrogen and oxygen atoms in total. The lowest BCUT2D eigenvalue weighted by Crippen LogP contribution is -2.43. The van der Waals surface area contributed by atoms with Gasteiger partial charge in [0.15, 0.2) is 12.2 Å². The Morgan fingerprint density at radius 1 is 0.940 bits per heavy atom. The molecule has 1 fully saturated rings. The number of nitrogens with zero attached hydrogens (tertiary/aromatic N) is 5. The summed E-state index contributed by atoms with van der Waals surface area (Å²) in [4.78, 5) is 48.4. The predicted molar refractivity (Wildman–Crippen MR) is 196 cm³/mol. The first kappa shape index (κ1) is 32.7. The molecule has 13 heteroatoms. The van der Waals surface area contributed by atoms with Crippen LogP contribution in [-0.2, 0) is 23.2 Å². The van der Waals surface area contributed by atoms with Crippen molar-refractivity contribution in [1.82, 2.24) is 15.2 Å². The monoisotopic (exact) mass is 702 g/mol. The standard InChI is InChI=1S/C37H31N7O4S2/c1-22-9-16-27(17-10-22)44-36(47)29(43(37(44)49)21-30-34(48-41-42(30)3)40-33(46)24-7-5-4-6-8-24)20-32(45)38-26-14-12-25(13-15-26)35-39-28-18-11-23(2)19-31(28)50-35/h4-19,29H,20-21H2,1-3H3,(H-,38,39,40,41,45,46)/p+1. The zero-order chi connectivity index (χ0) is 34.9. The summed E-state index contributed by atoms with van der Waals surface area (Å²) >= 11 is 7.49. The average molecular weight is 703 g/mol. The van der Waals surface area contributed by atoms with E-state index >= 15 is 0 Å². The maximum absolute atomic E-state index is 14.1. The molecule has 1 saturated heterocycles. The minimum absolute atomic E-state index is 0.0334. The van der Waals surface area contributed by atoms with E-state index in [2.05, 4.69) is 28.9 Å². The number of amides is 3. The molecule has 0 radical (unpaired) electrons. The molecule has 1 aliphatic heterocycles. The van der Waals surface area contributed by atoms with Crippen LogP contribution >= 0.6 is 23.6 Å². The summed E-state index contributed by atoms with van der Waals surface area (Å²) in [6.07, 6.45) is -0.180. The molecule has 1 atom stereocenters. The lowest BCUT2D eigenvalue weighted by molar-refractivity contribution is -0.746. The molecule has 1 aliphatic rings. The van der Waals surface area contributed by atoms with Gasteiger partial charge in [-0.1, -0.05) is 42.0 Å². The topological polar surface area (TPSA) is 125 Å². The van der Waals surface area contributed by atoms with Gasteiger partial charge in [0.1, 0.15) is 17.6 Å². The number of hydrogen-bond acceptors (Lipinski definition) is 8. The molecule has 3 heterocycles. The summed E-state index contributed by atoms with van der Waals surface area (Å²) in [6, 6.07) is 28.8. The van der Waals surface area contributed by atoms with Crippen LogP contribution in [-0.4, -0.2) is 44.0 Å². The first-order valence-electron chi connectivity index (χ1n) is 15.8. The lowest BCUT2D eigenvalue weighted by Gasteiger charge is -2.22. The summed E-state index contributed by atoms with van der Waals surface area (Å²) in [5, 5.41) is 10.8. The third kappa shape index (κ3) is 6.60. The van der Waals surface area contributed by atoms with Crippen LogP contribution in [0.3, 0.4) is 0 Å². The van der Waals surface area contributed by atoms with Crippen molar-refractivity contribution in [3.8, 4) is 10.6 Å². The molecule has 3 amide bonds. The van der Waals surface area contributed by atoms with Crippen LogP contribution < -0.4 is 20.2 Å². The van der Waals surface area contributed by atoms with E-state index in [0.717, 1.165) is 26.4 Å². The maximum atomic E-state index is 14.1. The summed E-state index contributed by atoms with van der Waals surface area (Å²) in [5.41, 5.74) is 6.16. The van der Waals surface area contributed by atoms with E-state index in [9.17, 15) is 14.4 Å². The normalized spacial score (nSPS) is 14.4. The predicted octanol–water partition coefficient (Wildman–Crippen LogP) is 6.18. The largest absolute Gasteiger partial charge is 0.326 e. The van der Waals surface area contributed by atoms with E-state index < -0.39 is 6.04 Å². The fraction of sp³-hybridized carbons (Fsp3) is 0.162. The van der Waals surface area contributed by atoms with E-state index in [1.165, 1.54) is 15.1 Å². The van der Waals surface area contributed by atoms with Crippen molar-refractivity contribution < 1.29 is 23.6 Å². The second-order valence-electron chi connectivity index (χ2n) is 12.0. The number of aromatic nitrogens is 3. The second kappa shape index (κ2) is 13.6. The zero-order valence-corrected chi connectivity index (χ0v) is 29.0. The summed E-state index contributed by atoms with van der Waals surface area (Å²) in [7, 11) is 1.66. The number of carbonyl (C=O) groups is 3. The molecule has 50 heavy (non-hydrogen) atoms. The van der Waals surface area contributed by atoms with E-state index in [1.807, 2.05) is 73.7 Å². The van der Waals surface area contributed by atoms with Gasteiger partial charge in [-0.2, -0.15) is 0 Å². The Labute approximate surface area is 297 Å². The molecule has 0 saturated carbocycles. The molecule has 1 unspecified atom stereocenters. The summed E-state index contributed by atoms with van der Waals surface area (Å²) in [5.74, 6) is -0.983. The van der Waals surface area contributed by atoms with Gasteiger partial charge in [-0.15, -0.1) is 11.3 Å². The Hall–Kier alpha value is -5.79. The van der Waals surface area contributed by atoms with Gasteiger partial charge in [-0.25, -0.2) is 4.98 Å². The number of hydrogen-bond donors (Lipinski definition) is 2. The Kier molecular flexibility index (Phi) is 8.91. The van der Waals surface area contributed by atoms with Crippen molar-refractivity contribution in [1.29, 1.82) is 0 Å². The summed E-state index contributed by atoms with van der Waals surface area (Å²) < 4.78 is 8.06. The Morgan fingerprint density at radius 2 is 1.66 bits per heavy atom.